The lowest BCUT2D eigenvalue weighted by Gasteiger charge is -2.34. The van der Waals surface area contributed by atoms with E-state index in [-0.39, 0.29) is 10.8 Å². The fourth-order valence-electron chi connectivity index (χ4n) is 4.13. The van der Waals surface area contributed by atoms with Gasteiger partial charge in [0, 0.05) is 11.1 Å². The Morgan fingerprint density at radius 1 is 0.800 bits per heavy atom. The van der Waals surface area contributed by atoms with Gasteiger partial charge in [0.15, 0.2) is 0 Å². The van der Waals surface area contributed by atoms with Gasteiger partial charge in [-0.15, -0.1) is 0 Å². The third-order valence-corrected chi connectivity index (χ3v) is 4.93. The van der Waals surface area contributed by atoms with Crippen molar-refractivity contribution in [1.82, 2.24) is 0 Å². The molecule has 0 aliphatic heterocycles. The molecule has 1 radical (unpaired) electrons. The zero-order chi connectivity index (χ0) is 19.6. The van der Waals surface area contributed by atoms with Gasteiger partial charge in [0.25, 0.3) is 0 Å². The molecule has 0 aliphatic carbocycles. The van der Waals surface area contributed by atoms with Crippen LogP contribution < -0.4 is 0 Å². The molecule has 0 spiro atoms. The van der Waals surface area contributed by atoms with Crippen molar-refractivity contribution in [2.24, 2.45) is 0 Å². The summed E-state index contributed by atoms with van der Waals surface area (Å²) in [6.45, 7) is 22.1. The molecule has 25 heavy (non-hydrogen) atoms. The van der Waals surface area contributed by atoms with Gasteiger partial charge < -0.3 is 5.11 Å². The minimum atomic E-state index is -0.0957. The second-order valence-corrected chi connectivity index (χ2v) is 9.00. The third kappa shape index (κ3) is 4.30. The van der Waals surface area contributed by atoms with E-state index in [1.54, 1.807) is 0 Å². The van der Waals surface area contributed by atoms with E-state index in [1.165, 1.54) is 22.3 Å². The Bertz CT molecular complexity index is 591. The van der Waals surface area contributed by atoms with Crippen LogP contribution in [0.5, 0.6) is 5.75 Å². The summed E-state index contributed by atoms with van der Waals surface area (Å²) in [5.74, 6) is 0.518. The third-order valence-electron chi connectivity index (χ3n) is 4.93. The second-order valence-electron chi connectivity index (χ2n) is 9.00. The average molecular weight is 344 g/mol. The first-order valence-corrected chi connectivity index (χ1v) is 9.97. The summed E-state index contributed by atoms with van der Waals surface area (Å²) < 4.78 is 0. The van der Waals surface area contributed by atoms with Crippen molar-refractivity contribution in [2.75, 3.05) is 0 Å². The molecule has 1 N–H and O–H groups in total. The van der Waals surface area contributed by atoms with Crippen LogP contribution in [0.2, 0.25) is 0 Å². The fraction of sp³-hybridized carbons (Fsp3) is 0.667. The zero-order valence-corrected chi connectivity index (χ0v) is 18.3. The number of allylic oxidation sites excluding steroid dienone is 2. The molecule has 1 heteroatoms. The number of benzene rings is 1. The Kier molecular flexibility index (Phi) is 6.95. The van der Waals surface area contributed by atoms with Crippen LogP contribution in [0, 0.1) is 6.08 Å². The molecule has 0 amide bonds. The Balaban J connectivity index is 4.20. The van der Waals surface area contributed by atoms with Gasteiger partial charge in [-0.25, -0.2) is 0 Å². The van der Waals surface area contributed by atoms with Gasteiger partial charge in [-0.3, -0.25) is 0 Å². The summed E-state index contributed by atoms with van der Waals surface area (Å²) in [5.41, 5.74) is 7.35. The molecule has 1 aromatic rings. The fourth-order valence-corrected chi connectivity index (χ4v) is 4.13. The van der Waals surface area contributed by atoms with E-state index in [0.717, 1.165) is 36.8 Å². The SMILES string of the molecule is CC[C]=C(CC)c1c(CC)c(C(C)(C)C)c(O)c(C(C)(C)C)c1CC. The average Bonchev–Trinajstić information content (AvgIpc) is 2.48. The molecule has 0 saturated carbocycles. The molecule has 0 fully saturated rings. The molecule has 0 atom stereocenters. The largest absolute Gasteiger partial charge is 0.507 e. The van der Waals surface area contributed by atoms with Crippen LogP contribution in [0.1, 0.15) is 110 Å². The van der Waals surface area contributed by atoms with Gasteiger partial charge in [0.05, 0.1) is 0 Å². The predicted molar refractivity (Wildman–Crippen MR) is 111 cm³/mol. The van der Waals surface area contributed by atoms with Gasteiger partial charge in [0.1, 0.15) is 5.75 Å². The molecule has 141 valence electrons. The second kappa shape index (κ2) is 7.98. The van der Waals surface area contributed by atoms with Gasteiger partial charge in [-0.2, -0.15) is 0 Å². The van der Waals surface area contributed by atoms with Gasteiger partial charge in [0.2, 0.25) is 0 Å². The standard InChI is InChI=1S/C24H39O/c1-11-15-16(12-2)19-17(13-3)20(23(5,6)7)22(25)21(18(19)14-4)24(8,9)10/h25H,11-14H2,1-10H3. The monoisotopic (exact) mass is 343 g/mol. The van der Waals surface area contributed by atoms with Crippen molar-refractivity contribution in [3.8, 4) is 5.75 Å². The molecule has 0 aromatic heterocycles. The molecule has 0 unspecified atom stereocenters. The lowest BCUT2D eigenvalue weighted by molar-refractivity contribution is 0.419. The summed E-state index contributed by atoms with van der Waals surface area (Å²) in [6, 6.07) is 0. The van der Waals surface area contributed by atoms with Gasteiger partial charge in [-0.05, 0) is 64.9 Å². The number of phenols is 1. The van der Waals surface area contributed by atoms with E-state index < -0.39 is 0 Å². The summed E-state index contributed by atoms with van der Waals surface area (Å²) >= 11 is 0. The predicted octanol–water partition coefficient (Wildman–Crippen LogP) is 7.12. The maximum Gasteiger partial charge on any atom is 0.123 e. The van der Waals surface area contributed by atoms with Crippen LogP contribution in [0.15, 0.2) is 0 Å². The topological polar surface area (TPSA) is 20.2 Å². The highest BCUT2D eigenvalue weighted by atomic mass is 16.3. The number of phenolic OH excluding ortho intramolecular Hbond substituents is 1. The van der Waals surface area contributed by atoms with E-state index in [2.05, 4.69) is 75.3 Å². The van der Waals surface area contributed by atoms with Crippen molar-refractivity contribution in [3.63, 3.8) is 0 Å². The first kappa shape index (κ1) is 21.8. The van der Waals surface area contributed by atoms with E-state index in [4.69, 9.17) is 0 Å². The minimum Gasteiger partial charge on any atom is -0.507 e. The Morgan fingerprint density at radius 2 is 1.20 bits per heavy atom. The van der Waals surface area contributed by atoms with Crippen molar-refractivity contribution >= 4 is 5.57 Å². The molecule has 0 bridgehead atoms. The number of hydrogen-bond donors (Lipinski definition) is 1. The quantitative estimate of drug-likeness (QED) is 0.603. The van der Waals surface area contributed by atoms with Crippen LogP contribution >= 0.6 is 0 Å². The highest BCUT2D eigenvalue weighted by Crippen LogP contribution is 2.47. The first-order chi connectivity index (χ1) is 11.4. The number of rotatable bonds is 5. The maximum atomic E-state index is 11.4. The Labute approximate surface area is 156 Å². The van der Waals surface area contributed by atoms with Crippen molar-refractivity contribution in [2.45, 2.75) is 106 Å². The molecule has 0 aliphatic rings. The molecular weight excluding hydrogens is 304 g/mol. The number of hydrogen-bond acceptors (Lipinski definition) is 1. The highest BCUT2D eigenvalue weighted by Gasteiger charge is 2.33. The van der Waals surface area contributed by atoms with Crippen LogP contribution in [0.4, 0.5) is 0 Å². The van der Waals surface area contributed by atoms with Gasteiger partial charge >= 0.3 is 0 Å². The molecule has 0 heterocycles. The lowest BCUT2D eigenvalue weighted by atomic mass is 9.71. The maximum absolute atomic E-state index is 11.4. The van der Waals surface area contributed by atoms with E-state index in [9.17, 15) is 5.11 Å². The van der Waals surface area contributed by atoms with Gasteiger partial charge in [-0.1, -0.05) is 69.2 Å². The summed E-state index contributed by atoms with van der Waals surface area (Å²) in [7, 11) is 0. The molecule has 1 aromatic carbocycles. The van der Waals surface area contributed by atoms with Crippen molar-refractivity contribution < 1.29 is 5.11 Å². The van der Waals surface area contributed by atoms with E-state index >= 15 is 0 Å². The van der Waals surface area contributed by atoms with Crippen molar-refractivity contribution in [1.29, 1.82) is 0 Å². The van der Waals surface area contributed by atoms with E-state index in [1.807, 2.05) is 0 Å². The minimum absolute atomic E-state index is 0.0957. The number of aromatic hydroxyl groups is 1. The lowest BCUT2D eigenvalue weighted by Crippen LogP contribution is -2.23. The van der Waals surface area contributed by atoms with E-state index in [0.29, 0.717) is 5.75 Å². The smallest absolute Gasteiger partial charge is 0.123 e. The van der Waals surface area contributed by atoms with Crippen LogP contribution in [-0.2, 0) is 23.7 Å². The van der Waals surface area contributed by atoms with Crippen LogP contribution in [0.25, 0.3) is 5.57 Å². The molecule has 1 rings (SSSR count). The van der Waals surface area contributed by atoms with Crippen molar-refractivity contribution in [3.05, 3.63) is 33.9 Å². The summed E-state index contributed by atoms with van der Waals surface area (Å²) in [5, 5.41) is 11.4. The normalized spacial score (nSPS) is 13.4. The molecule has 1 nitrogen and oxygen atoms in total. The molecule has 0 saturated heterocycles. The zero-order valence-electron chi connectivity index (χ0n) is 18.3. The van der Waals surface area contributed by atoms with Crippen LogP contribution in [0.3, 0.4) is 0 Å². The molecular formula is C24H39O. The summed E-state index contributed by atoms with van der Waals surface area (Å²) in [6.07, 6.45) is 7.38. The Hall–Kier alpha value is -1.24. The first-order valence-electron chi connectivity index (χ1n) is 9.97. The Morgan fingerprint density at radius 3 is 1.44 bits per heavy atom. The highest BCUT2D eigenvalue weighted by molar-refractivity contribution is 5.75. The van der Waals surface area contributed by atoms with Crippen LogP contribution in [-0.4, -0.2) is 5.11 Å². The summed E-state index contributed by atoms with van der Waals surface area (Å²) in [4.78, 5) is 0.